The molecule has 0 aliphatic carbocycles. The van der Waals surface area contributed by atoms with Crippen LogP contribution in [0.3, 0.4) is 0 Å². The van der Waals surface area contributed by atoms with Gasteiger partial charge in [-0.3, -0.25) is 9.78 Å². The Hall–Kier alpha value is -0.490. The topological polar surface area (TPSA) is 59.2 Å². The van der Waals surface area contributed by atoms with Crippen LogP contribution in [0.25, 0.3) is 0 Å². The van der Waals surface area contributed by atoms with Crippen LogP contribution in [-0.2, 0) is 10.5 Å². The van der Waals surface area contributed by atoms with Gasteiger partial charge in [0.2, 0.25) is 5.91 Å². The molecule has 1 fully saturated rings. The zero-order valence-corrected chi connectivity index (χ0v) is 13.7. The standard InChI is InChI=1S/C13H19N3OS.2ClH/c14-8-12-5-3-7-16(12)13(17)10-18-9-11-4-1-2-6-15-11;;/h1-2,4,6,12H,3,5,7-10,14H2;2*1H. The van der Waals surface area contributed by atoms with Gasteiger partial charge >= 0.3 is 0 Å². The van der Waals surface area contributed by atoms with Crippen LogP contribution >= 0.6 is 36.6 Å². The number of hydrogen-bond donors (Lipinski definition) is 1. The molecule has 114 valence electrons. The van der Waals surface area contributed by atoms with Gasteiger partial charge in [0.25, 0.3) is 0 Å². The van der Waals surface area contributed by atoms with Crippen LogP contribution in [0.5, 0.6) is 0 Å². The summed E-state index contributed by atoms with van der Waals surface area (Å²) in [6.45, 7) is 1.45. The molecule has 1 aromatic heterocycles. The molecule has 2 rings (SSSR count). The van der Waals surface area contributed by atoms with E-state index in [0.717, 1.165) is 30.8 Å². The van der Waals surface area contributed by atoms with E-state index in [0.29, 0.717) is 12.3 Å². The first-order valence-electron chi connectivity index (χ1n) is 6.28. The maximum absolute atomic E-state index is 12.0. The minimum Gasteiger partial charge on any atom is -0.338 e. The Bertz CT molecular complexity index is 394. The highest BCUT2D eigenvalue weighted by Gasteiger charge is 2.26. The summed E-state index contributed by atoms with van der Waals surface area (Å²) in [5.41, 5.74) is 6.69. The first-order valence-corrected chi connectivity index (χ1v) is 7.44. The quantitative estimate of drug-likeness (QED) is 0.893. The number of thioether (sulfide) groups is 1. The van der Waals surface area contributed by atoms with E-state index < -0.39 is 0 Å². The van der Waals surface area contributed by atoms with Crippen LogP contribution in [0.2, 0.25) is 0 Å². The largest absolute Gasteiger partial charge is 0.338 e. The van der Waals surface area contributed by atoms with Gasteiger partial charge in [0, 0.05) is 31.1 Å². The Morgan fingerprint density at radius 2 is 2.25 bits per heavy atom. The summed E-state index contributed by atoms with van der Waals surface area (Å²) in [5.74, 6) is 1.52. The molecule has 7 heteroatoms. The van der Waals surface area contributed by atoms with Crippen LogP contribution in [0.4, 0.5) is 0 Å². The Morgan fingerprint density at radius 3 is 2.90 bits per heavy atom. The number of halogens is 2. The first-order chi connectivity index (χ1) is 8.81. The van der Waals surface area contributed by atoms with E-state index in [1.165, 1.54) is 0 Å². The zero-order valence-electron chi connectivity index (χ0n) is 11.2. The second-order valence-electron chi connectivity index (χ2n) is 4.43. The molecule has 2 heterocycles. The lowest BCUT2D eigenvalue weighted by Crippen LogP contribution is -2.40. The maximum Gasteiger partial charge on any atom is 0.232 e. The van der Waals surface area contributed by atoms with E-state index in [9.17, 15) is 4.79 Å². The maximum atomic E-state index is 12.0. The molecule has 1 aliphatic heterocycles. The van der Waals surface area contributed by atoms with Crippen molar-refractivity contribution < 1.29 is 4.79 Å². The molecule has 1 amide bonds. The normalized spacial score (nSPS) is 17.2. The molecule has 2 N–H and O–H groups in total. The lowest BCUT2D eigenvalue weighted by atomic mass is 10.2. The average Bonchev–Trinajstić information content (AvgIpc) is 2.88. The van der Waals surface area contributed by atoms with Gasteiger partial charge in [-0.2, -0.15) is 0 Å². The third kappa shape index (κ3) is 5.48. The van der Waals surface area contributed by atoms with Crippen molar-refractivity contribution in [3.8, 4) is 0 Å². The molecule has 1 atom stereocenters. The molecule has 0 spiro atoms. The molecule has 1 unspecified atom stereocenters. The summed E-state index contributed by atoms with van der Waals surface area (Å²) in [4.78, 5) is 18.2. The summed E-state index contributed by atoms with van der Waals surface area (Å²) in [6.07, 6.45) is 3.91. The highest BCUT2D eigenvalue weighted by atomic mass is 35.5. The first kappa shape index (κ1) is 19.5. The van der Waals surface area contributed by atoms with Gasteiger partial charge in [0.15, 0.2) is 0 Å². The van der Waals surface area contributed by atoms with E-state index in [2.05, 4.69) is 4.98 Å². The minimum atomic E-state index is 0. The van der Waals surface area contributed by atoms with Crippen molar-refractivity contribution in [2.24, 2.45) is 5.73 Å². The van der Waals surface area contributed by atoms with Gasteiger partial charge in [-0.05, 0) is 25.0 Å². The molecular formula is C13H21Cl2N3OS. The Kier molecular flexibility index (Phi) is 10.0. The molecular weight excluding hydrogens is 317 g/mol. The summed E-state index contributed by atoms with van der Waals surface area (Å²) in [6, 6.07) is 6.11. The minimum absolute atomic E-state index is 0. The summed E-state index contributed by atoms with van der Waals surface area (Å²) >= 11 is 1.62. The molecule has 1 aliphatic rings. The van der Waals surface area contributed by atoms with Crippen molar-refractivity contribution in [3.05, 3.63) is 30.1 Å². The number of nitrogens with two attached hydrogens (primary N) is 1. The van der Waals surface area contributed by atoms with Crippen molar-refractivity contribution >= 4 is 42.5 Å². The number of rotatable bonds is 5. The zero-order chi connectivity index (χ0) is 12.8. The van der Waals surface area contributed by atoms with E-state index in [1.54, 1.807) is 18.0 Å². The van der Waals surface area contributed by atoms with Crippen molar-refractivity contribution in [2.45, 2.75) is 24.6 Å². The van der Waals surface area contributed by atoms with Gasteiger partial charge in [-0.25, -0.2) is 0 Å². The number of carbonyl (C=O) groups excluding carboxylic acids is 1. The Labute approximate surface area is 136 Å². The number of hydrogen-bond acceptors (Lipinski definition) is 4. The molecule has 1 saturated heterocycles. The lowest BCUT2D eigenvalue weighted by Gasteiger charge is -2.23. The molecule has 0 aromatic carbocycles. The fourth-order valence-corrected chi connectivity index (χ4v) is 3.04. The molecule has 0 saturated carbocycles. The Morgan fingerprint density at radius 1 is 1.45 bits per heavy atom. The van der Waals surface area contributed by atoms with E-state index in [-0.39, 0.29) is 36.8 Å². The number of likely N-dealkylation sites (tertiary alicyclic amines) is 1. The van der Waals surface area contributed by atoms with Gasteiger partial charge < -0.3 is 10.6 Å². The second-order valence-corrected chi connectivity index (χ2v) is 5.42. The number of pyridine rings is 1. The summed E-state index contributed by atoms with van der Waals surface area (Å²) in [5, 5.41) is 0. The van der Waals surface area contributed by atoms with Crippen LogP contribution in [-0.4, -0.2) is 40.7 Å². The SMILES string of the molecule is Cl.Cl.NCC1CCCN1C(=O)CSCc1ccccn1. The third-order valence-corrected chi connectivity index (χ3v) is 4.12. The van der Waals surface area contributed by atoms with Gasteiger partial charge in [0.05, 0.1) is 11.4 Å². The van der Waals surface area contributed by atoms with Crippen LogP contribution in [0, 0.1) is 0 Å². The predicted octanol–water partition coefficient (Wildman–Crippen LogP) is 2.11. The van der Waals surface area contributed by atoms with Crippen LogP contribution in [0.15, 0.2) is 24.4 Å². The van der Waals surface area contributed by atoms with E-state index in [4.69, 9.17) is 5.73 Å². The number of amides is 1. The van der Waals surface area contributed by atoms with Crippen molar-refractivity contribution in [3.63, 3.8) is 0 Å². The fourth-order valence-electron chi connectivity index (χ4n) is 2.22. The van der Waals surface area contributed by atoms with E-state index in [1.807, 2.05) is 23.1 Å². The summed E-state index contributed by atoms with van der Waals surface area (Å²) in [7, 11) is 0. The molecule has 0 radical (unpaired) electrons. The van der Waals surface area contributed by atoms with Crippen LogP contribution in [0.1, 0.15) is 18.5 Å². The van der Waals surface area contributed by atoms with E-state index >= 15 is 0 Å². The monoisotopic (exact) mass is 337 g/mol. The molecule has 1 aromatic rings. The Balaban J connectivity index is 0.00000180. The van der Waals surface area contributed by atoms with Crippen molar-refractivity contribution in [1.29, 1.82) is 0 Å². The number of aromatic nitrogens is 1. The van der Waals surface area contributed by atoms with Gasteiger partial charge in [0.1, 0.15) is 0 Å². The van der Waals surface area contributed by atoms with Gasteiger partial charge in [-0.15, -0.1) is 36.6 Å². The number of nitrogens with zero attached hydrogens (tertiary/aromatic N) is 2. The van der Waals surface area contributed by atoms with Crippen LogP contribution < -0.4 is 5.73 Å². The molecule has 20 heavy (non-hydrogen) atoms. The summed E-state index contributed by atoms with van der Waals surface area (Å²) < 4.78 is 0. The smallest absolute Gasteiger partial charge is 0.232 e. The lowest BCUT2D eigenvalue weighted by molar-refractivity contribution is -0.128. The molecule has 0 bridgehead atoms. The van der Waals surface area contributed by atoms with Gasteiger partial charge in [-0.1, -0.05) is 6.07 Å². The average molecular weight is 338 g/mol. The van der Waals surface area contributed by atoms with Crippen molar-refractivity contribution in [2.75, 3.05) is 18.8 Å². The highest BCUT2D eigenvalue weighted by molar-refractivity contribution is 7.99. The third-order valence-electron chi connectivity index (χ3n) is 3.17. The number of carbonyl (C=O) groups is 1. The second kappa shape index (κ2) is 10.3. The highest BCUT2D eigenvalue weighted by Crippen LogP contribution is 2.18. The predicted molar refractivity (Wildman–Crippen MR) is 88.7 cm³/mol. The fraction of sp³-hybridized carbons (Fsp3) is 0.538. The molecule has 4 nitrogen and oxygen atoms in total. The van der Waals surface area contributed by atoms with Crippen molar-refractivity contribution in [1.82, 2.24) is 9.88 Å².